The van der Waals surface area contributed by atoms with Crippen LogP contribution in [0.15, 0.2) is 261 Å². The summed E-state index contributed by atoms with van der Waals surface area (Å²) in [5.74, 6) is 0. The lowest BCUT2D eigenvalue weighted by Gasteiger charge is -2.45. The monoisotopic (exact) mass is 1350 g/mol. The lowest BCUT2D eigenvalue weighted by Crippen LogP contribution is -2.61. The number of aryl methyl sites for hydroxylation is 4. The van der Waals surface area contributed by atoms with Crippen LogP contribution in [0, 0.1) is 27.4 Å². The highest BCUT2D eigenvalue weighted by molar-refractivity contribution is 7.00. The zero-order valence-electron chi connectivity index (χ0n) is 72.7. The molecule has 0 saturated carbocycles. The van der Waals surface area contributed by atoms with E-state index in [9.17, 15) is 0 Å². The summed E-state index contributed by atoms with van der Waals surface area (Å²) in [4.78, 5) is 4.36. The van der Waals surface area contributed by atoms with E-state index in [-0.39, 0.29) is 55.0 Å². The Morgan fingerprint density at radius 2 is 0.602 bits per heavy atom. The number of rotatable bonds is 8. The van der Waals surface area contributed by atoms with E-state index in [0.717, 1.165) is 105 Å². The van der Waals surface area contributed by atoms with Crippen molar-refractivity contribution in [3.63, 3.8) is 0 Å². The van der Waals surface area contributed by atoms with Gasteiger partial charge in [0.15, 0.2) is 0 Å². The molecule has 13 aromatic carbocycles. The largest absolute Gasteiger partial charge is 0.311 e. The molecule has 0 radical (unpaired) electrons. The van der Waals surface area contributed by atoms with Crippen molar-refractivity contribution in [3.05, 3.63) is 305 Å². The molecule has 0 saturated heterocycles. The summed E-state index contributed by atoms with van der Waals surface area (Å²) < 4.78 is 115. The number of hydrogen-bond acceptors (Lipinski definition) is 2. The van der Waals surface area contributed by atoms with Gasteiger partial charge >= 0.3 is 0 Å². The van der Waals surface area contributed by atoms with E-state index in [1.54, 1.807) is 0 Å². The van der Waals surface area contributed by atoms with Gasteiger partial charge in [-0.3, -0.25) is 0 Å². The summed E-state index contributed by atoms with van der Waals surface area (Å²) in [6, 6.07) is 87.9. The first kappa shape index (κ1) is 53.0. The predicted octanol–water partition coefficient (Wildman–Crippen LogP) is 25.1. The quantitative estimate of drug-likeness (QED) is 0.141. The second-order valence-electron chi connectivity index (χ2n) is 32.5. The van der Waals surface area contributed by atoms with Crippen molar-refractivity contribution in [2.24, 2.45) is 0 Å². The number of fused-ring (bicyclic) bond motifs is 10. The zero-order valence-corrected chi connectivity index (χ0v) is 60.7. The van der Waals surface area contributed by atoms with E-state index in [2.05, 4.69) is 272 Å². The molecule has 0 unspecified atom stereocenters. The molecule has 15 aromatic rings. The summed E-state index contributed by atoms with van der Waals surface area (Å²) in [5, 5.41) is 4.25. The first-order chi connectivity index (χ1) is 54.2. The highest BCUT2D eigenvalue weighted by Crippen LogP contribution is 2.52. The van der Waals surface area contributed by atoms with E-state index in [4.69, 9.17) is 16.4 Å². The highest BCUT2D eigenvalue weighted by Gasteiger charge is 2.45. The maximum atomic E-state index is 9.16. The second kappa shape index (κ2) is 23.9. The third-order valence-corrected chi connectivity index (χ3v) is 21.8. The van der Waals surface area contributed by atoms with Gasteiger partial charge in [0.1, 0.15) is 0 Å². The predicted molar refractivity (Wildman–Crippen MR) is 445 cm³/mol. The minimum absolute atomic E-state index is 0.0815. The lowest BCUT2D eigenvalue weighted by molar-refractivity contribution is 0.568. The fraction of sp³-hybridized carbons (Fsp3) is 0.204. The summed E-state index contributed by atoms with van der Waals surface area (Å²) >= 11 is 0. The summed E-state index contributed by atoms with van der Waals surface area (Å²) in [7, 11) is 0. The molecular weight excluding hydrogens is 1240 g/mol. The Balaban J connectivity index is 1.01. The first-order valence-corrected chi connectivity index (χ1v) is 36.0. The SMILES string of the molecule is [2H]C([2H])([2H])c1cccc(C([2H])([2H])[2H])c1-c1ccccc1N1c2cc(-n3c4ccccc4c4cccc(-c5cc(C(C)(C)C)cc(C(C)(C)C)c5)c43)ccc2B2c3ccc(-n4c5ccccc5c5cccc(-c6cc(C(C)(C)C)cc(C(C)(C)C)c6)c54)cc3N(c3ccccc3-c3c(C([2H])([2H])[2H])cccc3C([2H])([2H])[2H])c3cccc1c32. The maximum Gasteiger partial charge on any atom is 0.252 e. The van der Waals surface area contributed by atoms with E-state index in [1.165, 1.54) is 58.7 Å². The van der Waals surface area contributed by atoms with Crippen molar-refractivity contribution in [2.75, 3.05) is 9.80 Å². The molecule has 4 heterocycles. The number of nitrogens with zero attached hydrogens (tertiary/aromatic N) is 4. The molecule has 0 atom stereocenters. The Hall–Kier alpha value is -10.9. The summed E-state index contributed by atoms with van der Waals surface area (Å²) in [6.07, 6.45) is 0. The van der Waals surface area contributed by atoms with Crippen LogP contribution in [0.5, 0.6) is 0 Å². The first-order valence-electron chi connectivity index (χ1n) is 42.0. The van der Waals surface area contributed by atoms with Gasteiger partial charge in [-0.25, -0.2) is 0 Å². The van der Waals surface area contributed by atoms with Crippen molar-refractivity contribution >= 4 is 101 Å². The zero-order chi connectivity index (χ0) is 81.5. The molecule has 2 aliphatic rings. The number of para-hydroxylation sites is 6. The fourth-order valence-corrected chi connectivity index (χ4v) is 16.5. The smallest absolute Gasteiger partial charge is 0.252 e. The number of anilines is 6. The van der Waals surface area contributed by atoms with Gasteiger partial charge < -0.3 is 18.9 Å². The van der Waals surface area contributed by atoms with Crippen molar-refractivity contribution in [3.8, 4) is 55.9 Å². The van der Waals surface area contributed by atoms with Crippen molar-refractivity contribution < 1.29 is 16.4 Å². The molecular formula is C98H91BN4. The van der Waals surface area contributed by atoms with Crippen LogP contribution in [0.3, 0.4) is 0 Å². The maximum absolute atomic E-state index is 9.16. The van der Waals surface area contributed by atoms with Gasteiger partial charge in [-0.05, 0) is 193 Å². The third-order valence-electron chi connectivity index (χ3n) is 21.8. The van der Waals surface area contributed by atoms with Gasteiger partial charge in [0.05, 0.1) is 33.4 Å². The van der Waals surface area contributed by atoms with Crippen LogP contribution in [0.2, 0.25) is 0 Å². The van der Waals surface area contributed by atoms with Crippen LogP contribution in [-0.2, 0) is 21.7 Å². The van der Waals surface area contributed by atoms with Crippen LogP contribution in [0.4, 0.5) is 34.1 Å². The Labute approximate surface area is 626 Å². The van der Waals surface area contributed by atoms with Crippen LogP contribution in [0.25, 0.3) is 99.5 Å². The highest BCUT2D eigenvalue weighted by atomic mass is 15.2. The van der Waals surface area contributed by atoms with Gasteiger partial charge in [0.2, 0.25) is 0 Å². The van der Waals surface area contributed by atoms with Gasteiger partial charge in [-0.15, -0.1) is 0 Å². The van der Waals surface area contributed by atoms with Crippen molar-refractivity contribution in [1.29, 1.82) is 0 Å². The molecule has 0 fully saturated rings. The molecule has 0 aliphatic carbocycles. The normalized spacial score (nSPS) is 15.4. The minimum Gasteiger partial charge on any atom is -0.311 e. The average molecular weight is 1350 g/mol. The summed E-state index contributed by atoms with van der Waals surface area (Å²) in [5.41, 5.74) is 21.0. The molecule has 0 amide bonds. The molecule has 4 nitrogen and oxygen atoms in total. The van der Waals surface area contributed by atoms with E-state index < -0.39 is 34.1 Å². The van der Waals surface area contributed by atoms with Crippen molar-refractivity contribution in [2.45, 2.75) is 132 Å². The van der Waals surface area contributed by atoms with Crippen LogP contribution in [0.1, 0.15) is 144 Å². The molecule has 0 bridgehead atoms. The molecule has 2 aromatic heterocycles. The Morgan fingerprint density at radius 1 is 0.282 bits per heavy atom. The van der Waals surface area contributed by atoms with Gasteiger partial charge in [0, 0.05) is 94.4 Å². The number of hydrogen-bond donors (Lipinski definition) is 0. The van der Waals surface area contributed by atoms with Crippen LogP contribution >= 0.6 is 0 Å². The standard InChI is InChI=1S/C98H91BN4/c1-60-30-25-31-61(2)90(60)78-36-19-23-44-84(78)102-86-46-29-47-87-92(86)99(80-50-48-70(58-88(80)102)100-82-42-21-17-34-74(82)76-40-27-38-72(93(76)100)64-52-66(95(5,6)7)56-67(53-64)96(8,9)10)81-51-49-71(59-89(81)103(87)85-45-24-20-37-79(85)91-62(3)32-26-33-63(91)4)101-83-43-22-18-35-75(83)77-41-28-39-73(94(77)101)65-54-68(97(11,12)13)57-69(55-65)98(14,15)16/h17-59H,1-16H3/i1D3,2D3,3D3,4D3. The van der Waals surface area contributed by atoms with Crippen LogP contribution < -0.4 is 26.2 Å². The molecule has 2 aliphatic heterocycles. The minimum atomic E-state index is -2.76. The van der Waals surface area contributed by atoms with Crippen LogP contribution in [-0.4, -0.2) is 15.8 Å². The number of benzene rings is 13. The third kappa shape index (κ3) is 10.6. The van der Waals surface area contributed by atoms with E-state index >= 15 is 0 Å². The lowest BCUT2D eigenvalue weighted by atomic mass is 9.33. The molecule has 17 rings (SSSR count). The van der Waals surface area contributed by atoms with Crippen molar-refractivity contribution in [1.82, 2.24) is 9.13 Å². The number of aromatic nitrogens is 2. The second-order valence-corrected chi connectivity index (χ2v) is 32.5. The Bertz CT molecular complexity index is 5980. The van der Waals surface area contributed by atoms with Gasteiger partial charge in [0.25, 0.3) is 6.71 Å². The van der Waals surface area contributed by atoms with E-state index in [1.807, 2.05) is 54.6 Å². The topological polar surface area (TPSA) is 16.3 Å². The Morgan fingerprint density at radius 3 is 0.981 bits per heavy atom. The molecule has 0 N–H and O–H groups in total. The van der Waals surface area contributed by atoms with Gasteiger partial charge in [-0.2, -0.15) is 0 Å². The fourth-order valence-electron chi connectivity index (χ4n) is 16.5. The molecule has 5 heteroatoms. The molecule has 0 spiro atoms. The van der Waals surface area contributed by atoms with Gasteiger partial charge in [-0.1, -0.05) is 283 Å². The molecule has 506 valence electrons. The average Bonchev–Trinajstić information content (AvgIpc) is 1.02. The Kier molecular flexibility index (Phi) is 12.3. The summed E-state index contributed by atoms with van der Waals surface area (Å²) in [6.45, 7) is 15.5. The molecule has 103 heavy (non-hydrogen) atoms. The van der Waals surface area contributed by atoms with E-state index in [0.29, 0.717) is 33.9 Å².